The summed E-state index contributed by atoms with van der Waals surface area (Å²) < 4.78 is 3.03. The average Bonchev–Trinajstić information content (AvgIpc) is 2.70. The van der Waals surface area contributed by atoms with Crippen LogP contribution in [0, 0.1) is 6.92 Å². The van der Waals surface area contributed by atoms with Gasteiger partial charge >= 0.3 is 5.69 Å². The van der Waals surface area contributed by atoms with Gasteiger partial charge in [-0.25, -0.2) is 9.78 Å². The van der Waals surface area contributed by atoms with Crippen LogP contribution in [-0.4, -0.2) is 24.1 Å². The molecule has 0 aliphatic carbocycles. The molecule has 0 atom stereocenters. The number of pyridine rings is 1. The van der Waals surface area contributed by atoms with E-state index in [4.69, 9.17) is 0 Å². The summed E-state index contributed by atoms with van der Waals surface area (Å²) in [7, 11) is 0. The molecule has 1 aromatic heterocycles. The van der Waals surface area contributed by atoms with E-state index in [2.05, 4.69) is 21.9 Å². The molecule has 3 rings (SSSR count). The second kappa shape index (κ2) is 9.82. The van der Waals surface area contributed by atoms with Crippen molar-refractivity contribution in [2.75, 3.05) is 0 Å². The predicted octanol–water partition coefficient (Wildman–Crippen LogP) is 3.22. The van der Waals surface area contributed by atoms with E-state index in [1.165, 1.54) is 29.9 Å². The lowest BCUT2D eigenvalue weighted by Crippen LogP contribution is -2.36. The van der Waals surface area contributed by atoms with Gasteiger partial charge in [0, 0.05) is 13.1 Å². The van der Waals surface area contributed by atoms with E-state index in [1.807, 2.05) is 11.5 Å². The molecule has 0 amide bonds. The molecular formula is C22H31N5O3. The number of aromatic amines is 1. The van der Waals surface area contributed by atoms with E-state index in [1.54, 1.807) is 6.92 Å². The number of hydrogen-bond acceptors (Lipinski definition) is 5. The second-order valence-electron chi connectivity index (χ2n) is 7.88. The monoisotopic (exact) mass is 413 g/mol. The van der Waals surface area contributed by atoms with Gasteiger partial charge in [-0.3, -0.25) is 19.1 Å². The Morgan fingerprint density at radius 3 is 2.27 bits per heavy atom. The molecule has 2 aliphatic rings. The third-order valence-corrected chi connectivity index (χ3v) is 5.49. The maximum atomic E-state index is 13.1. The van der Waals surface area contributed by atoms with Gasteiger partial charge < -0.3 is 4.57 Å². The van der Waals surface area contributed by atoms with Gasteiger partial charge in [0.1, 0.15) is 17.3 Å². The van der Waals surface area contributed by atoms with Crippen LogP contribution in [0.15, 0.2) is 20.4 Å². The maximum absolute atomic E-state index is 13.1. The van der Waals surface area contributed by atoms with Crippen molar-refractivity contribution in [3.8, 4) is 11.4 Å². The van der Waals surface area contributed by atoms with E-state index in [0.29, 0.717) is 41.3 Å². The minimum atomic E-state index is -0.426. The molecule has 1 aromatic rings. The van der Waals surface area contributed by atoms with Crippen LogP contribution in [-0.2, 0) is 13.1 Å². The molecule has 0 fully saturated rings. The largest absolute Gasteiger partial charge is 0.329 e. The first-order valence-electron chi connectivity index (χ1n) is 11.0. The maximum Gasteiger partial charge on any atom is 0.329 e. The summed E-state index contributed by atoms with van der Waals surface area (Å²) in [6.45, 7) is 6.79. The molecule has 162 valence electrons. The van der Waals surface area contributed by atoms with Crippen molar-refractivity contribution in [1.82, 2.24) is 24.1 Å². The van der Waals surface area contributed by atoms with Crippen molar-refractivity contribution in [3.05, 3.63) is 43.1 Å². The number of nitrogens with one attached hydrogen (secondary N) is 1. The Bertz CT molecular complexity index is 1160. The molecule has 3 heterocycles. The van der Waals surface area contributed by atoms with E-state index in [-0.39, 0.29) is 5.56 Å². The highest BCUT2D eigenvalue weighted by atomic mass is 16.2. The van der Waals surface area contributed by atoms with Crippen molar-refractivity contribution < 1.29 is 0 Å². The molecule has 0 saturated carbocycles. The van der Waals surface area contributed by atoms with Gasteiger partial charge in [0.25, 0.3) is 11.1 Å². The SMILES string of the molecule is CCCCCCCCn1c2nc(C)nc(=O)c-2cc2c(=O)n(CCCC)c(=O)[nH]c21. The Morgan fingerprint density at radius 1 is 0.867 bits per heavy atom. The van der Waals surface area contributed by atoms with Crippen molar-refractivity contribution in [2.24, 2.45) is 0 Å². The lowest BCUT2D eigenvalue weighted by molar-refractivity contribution is 0.556. The zero-order valence-electron chi connectivity index (χ0n) is 18.2. The van der Waals surface area contributed by atoms with Gasteiger partial charge in [0.05, 0.1) is 10.9 Å². The quantitative estimate of drug-likeness (QED) is 0.406. The first-order valence-corrected chi connectivity index (χ1v) is 11.0. The zero-order chi connectivity index (χ0) is 21.7. The van der Waals surface area contributed by atoms with E-state index < -0.39 is 11.2 Å². The average molecular weight is 414 g/mol. The number of aryl methyl sites for hydroxylation is 2. The lowest BCUT2D eigenvalue weighted by Gasteiger charge is -2.18. The van der Waals surface area contributed by atoms with E-state index in [0.717, 1.165) is 32.1 Å². The number of nitrogens with zero attached hydrogens (tertiary/aromatic N) is 4. The standard InChI is InChI=1S/C22H31N5O3/c1-4-6-8-9-10-11-13-26-18-16(20(28)24-15(3)23-18)14-17-19(26)25-22(30)27(21(17)29)12-7-5-2/h14H,4-13H2,1-3H3,(H,25,30). The van der Waals surface area contributed by atoms with Gasteiger partial charge in [-0.2, -0.15) is 4.98 Å². The van der Waals surface area contributed by atoms with Gasteiger partial charge in [0.15, 0.2) is 0 Å². The van der Waals surface area contributed by atoms with Crippen LogP contribution >= 0.6 is 0 Å². The topological polar surface area (TPSA) is 103 Å². The first-order chi connectivity index (χ1) is 14.5. The molecule has 0 bridgehead atoms. The predicted molar refractivity (Wildman–Crippen MR) is 118 cm³/mol. The molecular weight excluding hydrogens is 382 g/mol. The number of hydrogen-bond donors (Lipinski definition) is 1. The molecule has 1 N–H and O–H groups in total. The summed E-state index contributed by atoms with van der Waals surface area (Å²) in [6.07, 6.45) is 8.27. The van der Waals surface area contributed by atoms with Crippen LogP contribution in [0.5, 0.6) is 0 Å². The number of aromatic nitrogens is 5. The van der Waals surface area contributed by atoms with Crippen LogP contribution in [0.3, 0.4) is 0 Å². The summed E-state index contributed by atoms with van der Waals surface area (Å²) in [5.74, 6) is 0.845. The fourth-order valence-corrected chi connectivity index (χ4v) is 3.83. The highest BCUT2D eigenvalue weighted by Crippen LogP contribution is 2.22. The Hall–Kier alpha value is -2.77. The molecule has 0 aromatic carbocycles. The van der Waals surface area contributed by atoms with E-state index in [9.17, 15) is 14.4 Å². The fourth-order valence-electron chi connectivity index (χ4n) is 3.83. The highest BCUT2D eigenvalue weighted by molar-refractivity contribution is 5.81. The van der Waals surface area contributed by atoms with Gasteiger partial charge in [-0.15, -0.1) is 0 Å². The highest BCUT2D eigenvalue weighted by Gasteiger charge is 2.20. The summed E-state index contributed by atoms with van der Waals surface area (Å²) >= 11 is 0. The lowest BCUT2D eigenvalue weighted by atomic mass is 10.1. The van der Waals surface area contributed by atoms with Crippen LogP contribution < -0.4 is 16.8 Å². The molecule has 0 spiro atoms. The number of rotatable bonds is 10. The molecule has 0 radical (unpaired) electrons. The fraction of sp³-hybridized carbons (Fsp3) is 0.591. The van der Waals surface area contributed by atoms with Crippen LogP contribution in [0.25, 0.3) is 22.4 Å². The number of fused-ring (bicyclic) bond motifs is 2. The molecule has 8 heteroatoms. The van der Waals surface area contributed by atoms with Gasteiger partial charge in [0.2, 0.25) is 0 Å². The number of unbranched alkanes of at least 4 members (excludes halogenated alkanes) is 6. The van der Waals surface area contributed by atoms with Crippen molar-refractivity contribution in [1.29, 1.82) is 0 Å². The zero-order valence-corrected chi connectivity index (χ0v) is 18.2. The Morgan fingerprint density at radius 2 is 1.53 bits per heavy atom. The van der Waals surface area contributed by atoms with Gasteiger partial charge in [-0.1, -0.05) is 52.4 Å². The summed E-state index contributed by atoms with van der Waals surface area (Å²) in [6, 6.07) is 1.53. The molecule has 8 nitrogen and oxygen atoms in total. The van der Waals surface area contributed by atoms with E-state index >= 15 is 0 Å². The Kier molecular flexibility index (Phi) is 7.18. The Labute approximate surface area is 175 Å². The minimum Gasteiger partial charge on any atom is -0.311 e. The van der Waals surface area contributed by atoms with Crippen molar-refractivity contribution in [2.45, 2.75) is 85.2 Å². The summed E-state index contributed by atoms with van der Waals surface area (Å²) in [5, 5.41) is 0.328. The van der Waals surface area contributed by atoms with Crippen molar-refractivity contribution in [3.63, 3.8) is 0 Å². The normalized spacial score (nSPS) is 11.6. The summed E-state index contributed by atoms with van der Waals surface area (Å²) in [4.78, 5) is 49.5. The minimum absolute atomic E-state index is 0.310. The Balaban J connectivity index is 2.13. The van der Waals surface area contributed by atoms with Crippen LogP contribution in [0.4, 0.5) is 0 Å². The second-order valence-corrected chi connectivity index (χ2v) is 7.88. The molecule has 0 saturated heterocycles. The molecule has 2 aliphatic heterocycles. The van der Waals surface area contributed by atoms with Crippen LogP contribution in [0.2, 0.25) is 0 Å². The molecule has 30 heavy (non-hydrogen) atoms. The van der Waals surface area contributed by atoms with Crippen LogP contribution in [0.1, 0.15) is 71.0 Å². The third-order valence-electron chi connectivity index (χ3n) is 5.49. The third kappa shape index (κ3) is 4.52. The number of H-pyrrole nitrogens is 1. The smallest absolute Gasteiger partial charge is 0.311 e. The van der Waals surface area contributed by atoms with Gasteiger partial charge in [-0.05, 0) is 25.8 Å². The summed E-state index contributed by atoms with van der Waals surface area (Å²) in [5.41, 5.74) is -0.464. The van der Waals surface area contributed by atoms with Crippen molar-refractivity contribution >= 4 is 11.0 Å². The first kappa shape index (κ1) is 21.9. The molecule has 0 unspecified atom stereocenters.